The van der Waals surface area contributed by atoms with Crippen LogP contribution >= 0.6 is 0 Å². The van der Waals surface area contributed by atoms with Gasteiger partial charge in [-0.3, -0.25) is 19.7 Å². The molecule has 2 aliphatic heterocycles. The van der Waals surface area contributed by atoms with Crippen molar-refractivity contribution in [3.05, 3.63) is 23.9 Å². The van der Waals surface area contributed by atoms with Crippen LogP contribution in [-0.2, 0) is 14.4 Å². The Morgan fingerprint density at radius 1 is 1.25 bits per heavy atom. The Morgan fingerprint density at radius 3 is 2.58 bits per heavy atom. The lowest BCUT2D eigenvalue weighted by Gasteiger charge is -2.32. The van der Waals surface area contributed by atoms with E-state index >= 15 is 0 Å². The van der Waals surface area contributed by atoms with Gasteiger partial charge in [0.2, 0.25) is 11.8 Å². The van der Waals surface area contributed by atoms with E-state index in [1.54, 1.807) is 6.20 Å². The first-order chi connectivity index (χ1) is 11.5. The topological polar surface area (TPSA) is 99.6 Å². The van der Waals surface area contributed by atoms with Crippen LogP contribution in [0.3, 0.4) is 0 Å². The van der Waals surface area contributed by atoms with Crippen molar-refractivity contribution in [2.45, 2.75) is 38.0 Å². The molecule has 7 nitrogen and oxygen atoms in total. The Labute approximate surface area is 140 Å². The maximum Gasteiger partial charge on any atom is 0.303 e. The lowest BCUT2D eigenvalue weighted by molar-refractivity contribution is -0.138. The van der Waals surface area contributed by atoms with Crippen molar-refractivity contribution in [2.24, 2.45) is 5.92 Å². The molecule has 0 aromatic carbocycles. The number of rotatable bonds is 4. The van der Waals surface area contributed by atoms with Gasteiger partial charge in [0.1, 0.15) is 5.82 Å². The minimum absolute atomic E-state index is 0.218. The van der Waals surface area contributed by atoms with Crippen LogP contribution < -0.4 is 10.2 Å². The molecule has 0 spiro atoms. The number of carboxylic acids is 1. The van der Waals surface area contributed by atoms with Crippen molar-refractivity contribution in [3.63, 3.8) is 0 Å². The fourth-order valence-electron chi connectivity index (χ4n) is 3.42. The van der Waals surface area contributed by atoms with Crippen LogP contribution in [-0.4, -0.2) is 41.0 Å². The molecule has 0 radical (unpaired) electrons. The average Bonchev–Trinajstić information content (AvgIpc) is 2.55. The minimum atomic E-state index is -0.736. The van der Waals surface area contributed by atoms with Gasteiger partial charge in [-0.05, 0) is 36.8 Å². The van der Waals surface area contributed by atoms with E-state index in [0.29, 0.717) is 12.8 Å². The van der Waals surface area contributed by atoms with E-state index in [2.05, 4.69) is 15.2 Å². The molecule has 2 aliphatic rings. The first-order valence-electron chi connectivity index (χ1n) is 8.29. The van der Waals surface area contributed by atoms with Crippen LogP contribution in [0.25, 0.3) is 0 Å². The van der Waals surface area contributed by atoms with E-state index in [0.717, 1.165) is 37.3 Å². The number of imide groups is 1. The summed E-state index contributed by atoms with van der Waals surface area (Å²) in [6.45, 7) is 1.59. The fraction of sp³-hybridized carbons (Fsp3) is 0.529. The lowest BCUT2D eigenvalue weighted by atomic mass is 9.91. The Bertz CT molecular complexity index is 636. The van der Waals surface area contributed by atoms with Gasteiger partial charge in [0.05, 0.1) is 5.92 Å². The summed E-state index contributed by atoms with van der Waals surface area (Å²) in [6, 6.07) is 3.79. The zero-order chi connectivity index (χ0) is 17.1. The molecule has 1 aromatic heterocycles. The molecule has 1 atom stereocenters. The van der Waals surface area contributed by atoms with Crippen LogP contribution in [0.15, 0.2) is 18.3 Å². The summed E-state index contributed by atoms with van der Waals surface area (Å²) in [5.74, 6) is -0.438. The van der Waals surface area contributed by atoms with Crippen LogP contribution in [0, 0.1) is 5.92 Å². The van der Waals surface area contributed by atoms with Crippen LogP contribution in [0.2, 0.25) is 0 Å². The molecule has 0 saturated carbocycles. The number of carboxylic acid groups (broad SMARTS) is 1. The fourth-order valence-corrected chi connectivity index (χ4v) is 3.42. The number of carbonyl (C=O) groups excluding carboxylic acids is 2. The van der Waals surface area contributed by atoms with Gasteiger partial charge in [0, 0.05) is 32.1 Å². The number of aromatic nitrogens is 1. The molecule has 2 saturated heterocycles. The van der Waals surface area contributed by atoms with E-state index < -0.39 is 5.97 Å². The quantitative estimate of drug-likeness (QED) is 0.807. The maximum absolute atomic E-state index is 11.9. The van der Waals surface area contributed by atoms with Gasteiger partial charge < -0.3 is 10.0 Å². The summed E-state index contributed by atoms with van der Waals surface area (Å²) < 4.78 is 0. The van der Waals surface area contributed by atoms with Crippen molar-refractivity contribution in [1.29, 1.82) is 0 Å². The number of amides is 2. The summed E-state index contributed by atoms with van der Waals surface area (Å²) in [6.07, 6.45) is 4.52. The highest BCUT2D eigenvalue weighted by atomic mass is 16.4. The van der Waals surface area contributed by atoms with Crippen molar-refractivity contribution in [2.75, 3.05) is 18.0 Å². The highest BCUT2D eigenvalue weighted by Crippen LogP contribution is 2.27. The summed E-state index contributed by atoms with van der Waals surface area (Å²) in [7, 11) is 0. The molecular weight excluding hydrogens is 310 g/mol. The summed E-state index contributed by atoms with van der Waals surface area (Å²) >= 11 is 0. The van der Waals surface area contributed by atoms with Gasteiger partial charge in [-0.1, -0.05) is 6.07 Å². The molecule has 2 fully saturated rings. The molecular formula is C17H21N3O4. The third kappa shape index (κ3) is 3.72. The second-order valence-electron chi connectivity index (χ2n) is 6.48. The number of nitrogens with one attached hydrogen (secondary N) is 1. The molecule has 1 aromatic rings. The molecule has 0 aliphatic carbocycles. The van der Waals surface area contributed by atoms with Crippen molar-refractivity contribution >= 4 is 23.6 Å². The normalized spacial score (nSPS) is 22.3. The predicted molar refractivity (Wildman–Crippen MR) is 86.6 cm³/mol. The zero-order valence-corrected chi connectivity index (χ0v) is 13.4. The third-order valence-electron chi connectivity index (χ3n) is 4.81. The largest absolute Gasteiger partial charge is 0.481 e. The molecule has 2 N–H and O–H groups in total. The summed E-state index contributed by atoms with van der Waals surface area (Å²) in [4.78, 5) is 40.5. The smallest absolute Gasteiger partial charge is 0.303 e. The molecule has 24 heavy (non-hydrogen) atoms. The van der Waals surface area contributed by atoms with Crippen molar-refractivity contribution in [1.82, 2.24) is 10.3 Å². The minimum Gasteiger partial charge on any atom is -0.481 e. The van der Waals surface area contributed by atoms with E-state index in [4.69, 9.17) is 5.11 Å². The van der Waals surface area contributed by atoms with Gasteiger partial charge in [0.25, 0.3) is 0 Å². The lowest BCUT2D eigenvalue weighted by Crippen LogP contribution is -2.39. The predicted octanol–water partition coefficient (Wildman–Crippen LogP) is 1.29. The third-order valence-corrected chi connectivity index (χ3v) is 4.81. The molecule has 2 amide bonds. The Balaban J connectivity index is 1.60. The Kier molecular flexibility index (Phi) is 4.78. The molecule has 0 bridgehead atoms. The number of pyridine rings is 1. The second kappa shape index (κ2) is 6.98. The van der Waals surface area contributed by atoms with E-state index in [9.17, 15) is 14.4 Å². The molecule has 3 heterocycles. The van der Waals surface area contributed by atoms with Crippen LogP contribution in [0.4, 0.5) is 5.82 Å². The number of aliphatic carboxylic acids is 1. The van der Waals surface area contributed by atoms with Crippen molar-refractivity contribution in [3.8, 4) is 0 Å². The zero-order valence-electron chi connectivity index (χ0n) is 13.4. The molecule has 0 unspecified atom stereocenters. The van der Waals surface area contributed by atoms with Gasteiger partial charge in [-0.2, -0.15) is 0 Å². The highest BCUT2D eigenvalue weighted by molar-refractivity contribution is 6.00. The number of hydrogen-bond donors (Lipinski definition) is 2. The van der Waals surface area contributed by atoms with Gasteiger partial charge in [-0.25, -0.2) is 4.98 Å². The van der Waals surface area contributed by atoms with Crippen molar-refractivity contribution < 1.29 is 19.5 Å². The van der Waals surface area contributed by atoms with Crippen LogP contribution in [0.1, 0.15) is 43.6 Å². The number of hydrogen-bond acceptors (Lipinski definition) is 5. The van der Waals surface area contributed by atoms with Gasteiger partial charge >= 0.3 is 5.97 Å². The van der Waals surface area contributed by atoms with Gasteiger partial charge in [0.15, 0.2) is 0 Å². The Hall–Kier alpha value is -2.44. The van der Waals surface area contributed by atoms with E-state index in [1.165, 1.54) is 0 Å². The second-order valence-corrected chi connectivity index (χ2v) is 6.48. The first-order valence-corrected chi connectivity index (χ1v) is 8.29. The number of nitrogens with zero attached hydrogens (tertiary/aromatic N) is 2. The average molecular weight is 331 g/mol. The SMILES string of the molecule is O=C(O)CC1CCN(c2ccc([C@H]3CCC(=O)NC3=O)cn2)CC1. The number of piperidine rings is 2. The van der Waals surface area contributed by atoms with E-state index in [1.807, 2.05) is 12.1 Å². The number of anilines is 1. The molecule has 3 rings (SSSR count). The van der Waals surface area contributed by atoms with E-state index in [-0.39, 0.29) is 30.1 Å². The Morgan fingerprint density at radius 2 is 2.00 bits per heavy atom. The maximum atomic E-state index is 11.9. The molecule has 7 heteroatoms. The first kappa shape index (κ1) is 16.4. The van der Waals surface area contributed by atoms with Crippen LogP contribution in [0.5, 0.6) is 0 Å². The molecule has 128 valence electrons. The highest BCUT2D eigenvalue weighted by Gasteiger charge is 2.28. The van der Waals surface area contributed by atoms with Gasteiger partial charge in [-0.15, -0.1) is 0 Å². The summed E-state index contributed by atoms with van der Waals surface area (Å²) in [5, 5.41) is 11.2. The monoisotopic (exact) mass is 331 g/mol. The number of carbonyl (C=O) groups is 3. The summed E-state index contributed by atoms with van der Waals surface area (Å²) in [5.41, 5.74) is 0.824. The standard InChI is InChI=1S/C17H21N3O4/c21-15-4-2-13(17(24)19-15)12-1-3-14(18-10-12)20-7-5-11(6-8-20)9-16(22)23/h1,3,10-11,13H,2,4-9H2,(H,22,23)(H,19,21,24)/t13-/m1/s1.